The molecule has 0 amide bonds. The van der Waals surface area contributed by atoms with Crippen LogP contribution in [0.4, 0.5) is 0 Å². The lowest BCUT2D eigenvalue weighted by Crippen LogP contribution is -2.00. The Kier molecular flexibility index (Phi) is 4.95. The van der Waals surface area contributed by atoms with Crippen molar-refractivity contribution in [1.29, 1.82) is 0 Å². The summed E-state index contributed by atoms with van der Waals surface area (Å²) >= 11 is 12.0. The fraction of sp³-hybridized carbons (Fsp3) is 1.00. The van der Waals surface area contributed by atoms with Crippen molar-refractivity contribution < 1.29 is 0 Å². The first kappa shape index (κ1) is 7.05. The lowest BCUT2D eigenvalue weighted by atomic mass is 10.6. The summed E-state index contributed by atoms with van der Waals surface area (Å²) < 4.78 is 0. The molecule has 0 aliphatic heterocycles. The van der Waals surface area contributed by atoms with E-state index in [0.717, 1.165) is 11.5 Å². The van der Waals surface area contributed by atoms with Gasteiger partial charge in [0, 0.05) is 16.8 Å². The van der Waals surface area contributed by atoms with E-state index in [1.54, 1.807) is 0 Å². The fourth-order valence-corrected chi connectivity index (χ4v) is 0.520. The first-order chi connectivity index (χ1) is 2.81. The molecule has 0 N–H and O–H groups in total. The van der Waals surface area contributed by atoms with Crippen LogP contribution in [0.3, 0.4) is 0 Å². The maximum Gasteiger partial charge on any atom is 0.0193 e. The molecule has 0 heterocycles. The molecule has 0 spiro atoms. The van der Waals surface area contributed by atoms with Gasteiger partial charge in [0.05, 0.1) is 0 Å². The van der Waals surface area contributed by atoms with Gasteiger partial charge in [-0.25, -0.2) is 0 Å². The third-order valence-electron chi connectivity index (χ3n) is 0.421. The van der Waals surface area contributed by atoms with Crippen LogP contribution in [0.2, 0.25) is 0 Å². The second kappa shape index (κ2) is 4.22. The zero-order valence-electron chi connectivity index (χ0n) is 3.33. The Morgan fingerprint density at radius 2 is 1.50 bits per heavy atom. The van der Waals surface area contributed by atoms with Gasteiger partial charge < -0.3 is 0 Å². The van der Waals surface area contributed by atoms with Crippen LogP contribution in [-0.2, 0) is 0 Å². The molecule has 0 atom stereocenters. The molecule has 0 aromatic carbocycles. The number of rotatable bonds is 2. The van der Waals surface area contributed by atoms with Crippen LogP contribution in [0.5, 0.6) is 0 Å². The van der Waals surface area contributed by atoms with Gasteiger partial charge >= 0.3 is 0 Å². The minimum absolute atomic E-state index is 0.358. The minimum atomic E-state index is 0.358. The summed E-state index contributed by atoms with van der Waals surface area (Å²) in [6.07, 6.45) is 0. The topological polar surface area (TPSA) is 0 Å². The van der Waals surface area contributed by atoms with Crippen LogP contribution in [0.25, 0.3) is 0 Å². The molecule has 0 nitrogen and oxygen atoms in total. The number of thiol groups is 3. The van der Waals surface area contributed by atoms with Crippen LogP contribution in [0, 0.1) is 0 Å². The Morgan fingerprint density at radius 3 is 1.50 bits per heavy atom. The van der Waals surface area contributed by atoms with Gasteiger partial charge in [0.25, 0.3) is 0 Å². The molecule has 0 saturated heterocycles. The standard InChI is InChI=1S/C3H8S3/c4-1-3(6)2-5/h3-6H,1-2H2. The van der Waals surface area contributed by atoms with Crippen molar-refractivity contribution in [2.75, 3.05) is 11.5 Å². The molecule has 0 bridgehead atoms. The largest absolute Gasteiger partial charge is 0.178 e. The van der Waals surface area contributed by atoms with Gasteiger partial charge in [0.15, 0.2) is 0 Å². The molecule has 0 aliphatic carbocycles. The molecule has 0 unspecified atom stereocenters. The zero-order valence-corrected chi connectivity index (χ0v) is 6.02. The Morgan fingerprint density at radius 1 is 1.17 bits per heavy atom. The summed E-state index contributed by atoms with van der Waals surface area (Å²) in [7, 11) is 0. The smallest absolute Gasteiger partial charge is 0.0193 e. The first-order valence-electron chi connectivity index (χ1n) is 1.71. The number of hydrogen-bond donors (Lipinski definition) is 3. The SMILES string of the molecule is SCC(S)CS. The second-order valence-corrected chi connectivity index (χ2v) is 2.48. The minimum Gasteiger partial charge on any atom is -0.178 e. The monoisotopic (exact) mass is 140 g/mol. The Balaban J connectivity index is 2.75. The molecule has 0 aliphatic rings. The Bertz CT molecular complexity index is 25.2. The van der Waals surface area contributed by atoms with Crippen molar-refractivity contribution in [3.63, 3.8) is 0 Å². The Hall–Kier alpha value is 1.05. The van der Waals surface area contributed by atoms with Crippen molar-refractivity contribution in [2.45, 2.75) is 5.25 Å². The van der Waals surface area contributed by atoms with E-state index in [0.29, 0.717) is 5.25 Å². The van der Waals surface area contributed by atoms with Gasteiger partial charge in [-0.15, -0.1) is 0 Å². The Labute approximate surface area is 54.9 Å². The molecule has 0 rings (SSSR count). The van der Waals surface area contributed by atoms with Gasteiger partial charge in [0.1, 0.15) is 0 Å². The van der Waals surface area contributed by atoms with E-state index >= 15 is 0 Å². The molecular weight excluding hydrogens is 132 g/mol. The summed E-state index contributed by atoms with van der Waals surface area (Å²) in [6.45, 7) is 0. The molecule has 0 radical (unpaired) electrons. The lowest BCUT2D eigenvalue weighted by molar-refractivity contribution is 1.17. The van der Waals surface area contributed by atoms with E-state index in [1.165, 1.54) is 0 Å². The lowest BCUT2D eigenvalue weighted by Gasteiger charge is -1.96. The van der Waals surface area contributed by atoms with Crippen LogP contribution in [0.1, 0.15) is 0 Å². The van der Waals surface area contributed by atoms with Gasteiger partial charge in [-0.2, -0.15) is 37.9 Å². The second-order valence-electron chi connectivity index (χ2n) is 1.02. The molecule has 3 heteroatoms. The van der Waals surface area contributed by atoms with Crippen LogP contribution in [-0.4, -0.2) is 16.8 Å². The summed E-state index contributed by atoms with van der Waals surface area (Å²) in [6, 6.07) is 0. The highest BCUT2D eigenvalue weighted by molar-refractivity contribution is 7.86. The van der Waals surface area contributed by atoms with Crippen LogP contribution in [0.15, 0.2) is 0 Å². The predicted molar refractivity (Wildman–Crippen MR) is 40.5 cm³/mol. The summed E-state index contributed by atoms with van der Waals surface area (Å²) in [5, 5.41) is 0.358. The molecule has 0 saturated carbocycles. The highest BCUT2D eigenvalue weighted by Gasteiger charge is 1.91. The van der Waals surface area contributed by atoms with E-state index < -0.39 is 0 Å². The molecule has 0 fully saturated rings. The quantitative estimate of drug-likeness (QED) is 0.471. The summed E-state index contributed by atoms with van der Waals surface area (Å²) in [5.41, 5.74) is 0. The van der Waals surface area contributed by atoms with E-state index in [1.807, 2.05) is 0 Å². The fourth-order valence-electron chi connectivity index (χ4n) is 0.0577. The first-order valence-corrected chi connectivity index (χ1v) is 3.49. The highest BCUT2D eigenvalue weighted by atomic mass is 32.1. The highest BCUT2D eigenvalue weighted by Crippen LogP contribution is 1.97. The van der Waals surface area contributed by atoms with Gasteiger partial charge in [-0.3, -0.25) is 0 Å². The van der Waals surface area contributed by atoms with Crippen molar-refractivity contribution in [3.05, 3.63) is 0 Å². The normalized spacial score (nSPS) is 10.0. The zero-order chi connectivity index (χ0) is 4.99. The summed E-state index contributed by atoms with van der Waals surface area (Å²) in [5.74, 6) is 1.62. The van der Waals surface area contributed by atoms with Crippen molar-refractivity contribution in [3.8, 4) is 0 Å². The third-order valence-corrected chi connectivity index (χ3v) is 2.24. The average molecular weight is 140 g/mol. The maximum absolute atomic E-state index is 4.08. The van der Waals surface area contributed by atoms with Gasteiger partial charge in [-0.1, -0.05) is 0 Å². The predicted octanol–water partition coefficient (Wildman–Crippen LogP) is 1.14. The molecule has 38 valence electrons. The molecule has 0 aromatic heterocycles. The van der Waals surface area contributed by atoms with E-state index in [2.05, 4.69) is 37.9 Å². The van der Waals surface area contributed by atoms with Crippen molar-refractivity contribution in [1.82, 2.24) is 0 Å². The van der Waals surface area contributed by atoms with Crippen molar-refractivity contribution >= 4 is 37.9 Å². The molecule has 6 heavy (non-hydrogen) atoms. The van der Waals surface area contributed by atoms with Crippen LogP contribution < -0.4 is 0 Å². The average Bonchev–Trinajstić information content (AvgIpc) is 1.65. The van der Waals surface area contributed by atoms with Gasteiger partial charge in [0.2, 0.25) is 0 Å². The number of hydrogen-bond acceptors (Lipinski definition) is 3. The van der Waals surface area contributed by atoms with Crippen LogP contribution >= 0.6 is 37.9 Å². The summed E-state index contributed by atoms with van der Waals surface area (Å²) in [4.78, 5) is 0. The van der Waals surface area contributed by atoms with E-state index in [4.69, 9.17) is 0 Å². The van der Waals surface area contributed by atoms with E-state index in [-0.39, 0.29) is 0 Å². The van der Waals surface area contributed by atoms with E-state index in [9.17, 15) is 0 Å². The molecular formula is C3H8S3. The van der Waals surface area contributed by atoms with Gasteiger partial charge in [-0.05, 0) is 0 Å². The maximum atomic E-state index is 4.08. The molecule has 0 aromatic rings. The third kappa shape index (κ3) is 3.25. The van der Waals surface area contributed by atoms with Crippen molar-refractivity contribution in [2.24, 2.45) is 0 Å².